The van der Waals surface area contributed by atoms with Gasteiger partial charge < -0.3 is 4.90 Å². The normalized spacial score (nSPS) is 17.2. The first-order chi connectivity index (χ1) is 9.11. The van der Waals surface area contributed by atoms with Gasteiger partial charge in [0.1, 0.15) is 0 Å². The molecule has 0 amide bonds. The van der Waals surface area contributed by atoms with E-state index in [2.05, 4.69) is 55.7 Å². The maximum absolute atomic E-state index is 2.58. The van der Waals surface area contributed by atoms with E-state index in [1.165, 1.54) is 56.0 Å². The SMILES string of the molecule is CCCN1CCN(c2ccc(C(C)C)c(C)c2)CC1. The first-order valence-corrected chi connectivity index (χ1v) is 7.69. The van der Waals surface area contributed by atoms with Crippen molar-refractivity contribution >= 4 is 5.69 Å². The number of anilines is 1. The van der Waals surface area contributed by atoms with Crippen LogP contribution in [0.5, 0.6) is 0 Å². The molecule has 1 fully saturated rings. The second-order valence-electron chi connectivity index (χ2n) is 6.02. The van der Waals surface area contributed by atoms with Gasteiger partial charge in [-0.05, 0) is 49.1 Å². The second-order valence-corrected chi connectivity index (χ2v) is 6.02. The van der Waals surface area contributed by atoms with E-state index in [1.807, 2.05) is 0 Å². The Morgan fingerprint density at radius 2 is 1.79 bits per heavy atom. The number of hydrogen-bond donors (Lipinski definition) is 0. The summed E-state index contributed by atoms with van der Waals surface area (Å²) in [5, 5.41) is 0. The highest BCUT2D eigenvalue weighted by Gasteiger charge is 2.17. The van der Waals surface area contributed by atoms with Gasteiger partial charge in [0.25, 0.3) is 0 Å². The monoisotopic (exact) mass is 260 g/mol. The van der Waals surface area contributed by atoms with Crippen LogP contribution in [0.4, 0.5) is 5.69 Å². The Labute approximate surface area is 118 Å². The summed E-state index contributed by atoms with van der Waals surface area (Å²) in [5.41, 5.74) is 4.31. The maximum Gasteiger partial charge on any atom is 0.0369 e. The Morgan fingerprint density at radius 3 is 2.32 bits per heavy atom. The van der Waals surface area contributed by atoms with Gasteiger partial charge in [-0.3, -0.25) is 4.90 Å². The average molecular weight is 260 g/mol. The molecule has 0 saturated carbocycles. The first kappa shape index (κ1) is 14.4. The van der Waals surface area contributed by atoms with Crippen LogP contribution in [0.15, 0.2) is 18.2 Å². The van der Waals surface area contributed by atoms with E-state index < -0.39 is 0 Å². The highest BCUT2D eigenvalue weighted by molar-refractivity contribution is 5.51. The number of benzene rings is 1. The lowest BCUT2D eigenvalue weighted by Gasteiger charge is -2.36. The van der Waals surface area contributed by atoms with Gasteiger partial charge in [-0.2, -0.15) is 0 Å². The Balaban J connectivity index is 2.02. The first-order valence-electron chi connectivity index (χ1n) is 7.69. The number of nitrogens with zero attached hydrogens (tertiary/aromatic N) is 2. The van der Waals surface area contributed by atoms with E-state index in [4.69, 9.17) is 0 Å². The van der Waals surface area contributed by atoms with E-state index in [0.29, 0.717) is 5.92 Å². The topological polar surface area (TPSA) is 6.48 Å². The minimum Gasteiger partial charge on any atom is -0.369 e. The second kappa shape index (κ2) is 6.42. The summed E-state index contributed by atoms with van der Waals surface area (Å²) >= 11 is 0. The van der Waals surface area contributed by atoms with Crippen LogP contribution >= 0.6 is 0 Å². The van der Waals surface area contributed by atoms with E-state index in [-0.39, 0.29) is 0 Å². The van der Waals surface area contributed by atoms with Crippen LogP contribution < -0.4 is 4.90 Å². The molecule has 0 aliphatic carbocycles. The van der Waals surface area contributed by atoms with Crippen molar-refractivity contribution in [3.8, 4) is 0 Å². The van der Waals surface area contributed by atoms with Gasteiger partial charge in [0.2, 0.25) is 0 Å². The Morgan fingerprint density at radius 1 is 1.11 bits per heavy atom. The zero-order valence-electron chi connectivity index (χ0n) is 12.9. The van der Waals surface area contributed by atoms with Crippen molar-refractivity contribution in [3.05, 3.63) is 29.3 Å². The van der Waals surface area contributed by atoms with Gasteiger partial charge in [-0.15, -0.1) is 0 Å². The van der Waals surface area contributed by atoms with E-state index in [9.17, 15) is 0 Å². The number of aryl methyl sites for hydroxylation is 1. The lowest BCUT2D eigenvalue weighted by atomic mass is 9.97. The van der Waals surface area contributed by atoms with Gasteiger partial charge in [0.15, 0.2) is 0 Å². The average Bonchev–Trinajstić information content (AvgIpc) is 2.39. The van der Waals surface area contributed by atoms with Gasteiger partial charge in [-0.1, -0.05) is 26.8 Å². The Kier molecular flexibility index (Phi) is 4.87. The van der Waals surface area contributed by atoms with Crippen LogP contribution in [0.3, 0.4) is 0 Å². The molecule has 1 aromatic carbocycles. The maximum atomic E-state index is 2.58. The predicted octanol–water partition coefficient (Wildman–Crippen LogP) is 3.65. The van der Waals surface area contributed by atoms with Gasteiger partial charge in [-0.25, -0.2) is 0 Å². The van der Waals surface area contributed by atoms with E-state index in [1.54, 1.807) is 0 Å². The molecule has 2 nitrogen and oxygen atoms in total. The molecule has 1 aliphatic rings. The summed E-state index contributed by atoms with van der Waals surface area (Å²) in [6, 6.07) is 6.98. The minimum absolute atomic E-state index is 0.621. The van der Waals surface area contributed by atoms with Crippen LogP contribution in [-0.2, 0) is 0 Å². The molecule has 0 atom stereocenters. The molecule has 2 heteroatoms. The zero-order chi connectivity index (χ0) is 13.8. The van der Waals surface area contributed by atoms with E-state index >= 15 is 0 Å². The highest BCUT2D eigenvalue weighted by Crippen LogP contribution is 2.25. The zero-order valence-corrected chi connectivity index (χ0v) is 12.9. The molecule has 1 aromatic rings. The molecule has 1 saturated heterocycles. The third-order valence-corrected chi connectivity index (χ3v) is 4.15. The fraction of sp³-hybridized carbons (Fsp3) is 0.647. The van der Waals surface area contributed by atoms with Crippen molar-refractivity contribution < 1.29 is 0 Å². The summed E-state index contributed by atoms with van der Waals surface area (Å²) in [5.74, 6) is 0.621. The van der Waals surface area contributed by atoms with Crippen LogP contribution in [0.1, 0.15) is 44.2 Å². The fourth-order valence-corrected chi connectivity index (χ4v) is 3.05. The number of hydrogen-bond acceptors (Lipinski definition) is 2. The molecule has 0 unspecified atom stereocenters. The van der Waals surface area contributed by atoms with Crippen LogP contribution in [0.2, 0.25) is 0 Å². The van der Waals surface area contributed by atoms with Crippen molar-refractivity contribution in [2.45, 2.75) is 40.0 Å². The van der Waals surface area contributed by atoms with Crippen molar-refractivity contribution in [1.82, 2.24) is 4.90 Å². The van der Waals surface area contributed by atoms with Crippen molar-refractivity contribution in [3.63, 3.8) is 0 Å². The minimum atomic E-state index is 0.621. The standard InChI is InChI=1S/C17H28N2/c1-5-8-18-9-11-19(12-10-18)16-6-7-17(14(2)3)15(4)13-16/h6-7,13-14H,5,8-12H2,1-4H3. The molecule has 1 heterocycles. The predicted molar refractivity (Wildman–Crippen MR) is 84.2 cm³/mol. The highest BCUT2D eigenvalue weighted by atomic mass is 15.3. The summed E-state index contributed by atoms with van der Waals surface area (Å²) in [6.07, 6.45) is 1.27. The van der Waals surface area contributed by atoms with Crippen LogP contribution in [-0.4, -0.2) is 37.6 Å². The van der Waals surface area contributed by atoms with E-state index in [0.717, 1.165) is 0 Å². The van der Waals surface area contributed by atoms with Crippen molar-refractivity contribution in [1.29, 1.82) is 0 Å². The lowest BCUT2D eigenvalue weighted by molar-refractivity contribution is 0.258. The third-order valence-electron chi connectivity index (χ3n) is 4.15. The molecule has 2 rings (SSSR count). The Bertz CT molecular complexity index is 404. The van der Waals surface area contributed by atoms with Gasteiger partial charge in [0, 0.05) is 31.9 Å². The summed E-state index contributed by atoms with van der Waals surface area (Å²) in [7, 11) is 0. The molecule has 0 aromatic heterocycles. The molecule has 19 heavy (non-hydrogen) atoms. The largest absolute Gasteiger partial charge is 0.369 e. The quantitative estimate of drug-likeness (QED) is 0.815. The summed E-state index contributed by atoms with van der Waals surface area (Å²) in [4.78, 5) is 5.11. The summed E-state index contributed by atoms with van der Waals surface area (Å²) < 4.78 is 0. The fourth-order valence-electron chi connectivity index (χ4n) is 3.05. The lowest BCUT2D eigenvalue weighted by Crippen LogP contribution is -2.46. The smallest absolute Gasteiger partial charge is 0.0369 e. The Hall–Kier alpha value is -1.02. The molecular weight excluding hydrogens is 232 g/mol. The van der Waals surface area contributed by atoms with Crippen molar-refractivity contribution in [2.75, 3.05) is 37.6 Å². The molecule has 0 N–H and O–H groups in total. The molecule has 106 valence electrons. The number of piperazine rings is 1. The molecule has 0 bridgehead atoms. The van der Waals surface area contributed by atoms with Gasteiger partial charge in [0.05, 0.1) is 0 Å². The molecule has 1 aliphatic heterocycles. The third kappa shape index (κ3) is 3.50. The van der Waals surface area contributed by atoms with Gasteiger partial charge >= 0.3 is 0 Å². The summed E-state index contributed by atoms with van der Waals surface area (Å²) in [6.45, 7) is 15.0. The molecule has 0 spiro atoms. The van der Waals surface area contributed by atoms with Crippen LogP contribution in [0, 0.1) is 6.92 Å². The van der Waals surface area contributed by atoms with Crippen molar-refractivity contribution in [2.24, 2.45) is 0 Å². The van der Waals surface area contributed by atoms with Crippen LogP contribution in [0.25, 0.3) is 0 Å². The number of rotatable bonds is 4. The molecular formula is C17H28N2. The molecule has 0 radical (unpaired) electrons.